The zero-order valence-corrected chi connectivity index (χ0v) is 8.19. The second-order valence-electron chi connectivity index (χ2n) is 3.56. The number of hydrogen-bond donors (Lipinski definition) is 1. The van der Waals surface area contributed by atoms with E-state index in [0.29, 0.717) is 5.92 Å². The first-order chi connectivity index (χ1) is 6.19. The minimum absolute atomic E-state index is 0.0525. The molecule has 0 aromatic carbocycles. The molecular weight excluding hydrogens is 170 g/mol. The van der Waals surface area contributed by atoms with Crippen LogP contribution in [0.25, 0.3) is 0 Å². The van der Waals surface area contributed by atoms with E-state index in [1.54, 1.807) is 7.05 Å². The average molecular weight is 187 g/mol. The first-order valence-electron chi connectivity index (χ1n) is 4.61. The Kier molecular flexibility index (Phi) is 3.69. The van der Waals surface area contributed by atoms with Gasteiger partial charge in [-0.3, -0.25) is 9.63 Å². The topological polar surface area (TPSA) is 49.8 Å². The first kappa shape index (κ1) is 10.5. The summed E-state index contributed by atoms with van der Waals surface area (Å²) < 4.78 is 0. The molecule has 1 fully saturated rings. The summed E-state index contributed by atoms with van der Waals surface area (Å²) in [7, 11) is 3.11. The van der Waals surface area contributed by atoms with Crippen molar-refractivity contribution < 1.29 is 14.7 Å². The largest absolute Gasteiger partial charge is 0.396 e. The van der Waals surface area contributed by atoms with Crippen LogP contribution in [-0.4, -0.2) is 36.8 Å². The van der Waals surface area contributed by atoms with Crippen molar-refractivity contribution in [2.75, 3.05) is 20.8 Å². The maximum atomic E-state index is 11.4. The summed E-state index contributed by atoms with van der Waals surface area (Å²) in [5.74, 6) is 0.697. The molecule has 0 aliphatic heterocycles. The Labute approximate surface area is 78.4 Å². The van der Waals surface area contributed by atoms with E-state index in [1.807, 2.05) is 0 Å². The molecule has 0 bridgehead atoms. The first-order valence-corrected chi connectivity index (χ1v) is 4.61. The molecule has 1 N–H and O–H groups in total. The van der Waals surface area contributed by atoms with Gasteiger partial charge in [-0.1, -0.05) is 0 Å². The Morgan fingerprint density at radius 3 is 2.69 bits per heavy atom. The molecule has 1 rings (SSSR count). The molecule has 76 valence electrons. The summed E-state index contributed by atoms with van der Waals surface area (Å²) in [6, 6.07) is 0. The molecule has 0 heterocycles. The van der Waals surface area contributed by atoms with Crippen LogP contribution in [0.5, 0.6) is 0 Å². The van der Waals surface area contributed by atoms with E-state index in [4.69, 9.17) is 9.94 Å². The van der Waals surface area contributed by atoms with Crippen LogP contribution in [0.4, 0.5) is 0 Å². The molecular formula is C9H17NO3. The molecule has 13 heavy (non-hydrogen) atoms. The van der Waals surface area contributed by atoms with Gasteiger partial charge in [-0.15, -0.1) is 0 Å². The van der Waals surface area contributed by atoms with Gasteiger partial charge in [0.1, 0.15) is 0 Å². The lowest BCUT2D eigenvalue weighted by molar-refractivity contribution is -0.178. The number of carbonyl (C=O) groups excluding carboxylic acids is 1. The Morgan fingerprint density at radius 1 is 1.62 bits per heavy atom. The Balaban J connectivity index is 2.23. The molecule has 0 spiro atoms. The lowest BCUT2D eigenvalue weighted by atomic mass is 9.73. The van der Waals surface area contributed by atoms with Crippen LogP contribution in [0.3, 0.4) is 0 Å². The van der Waals surface area contributed by atoms with E-state index in [2.05, 4.69) is 0 Å². The van der Waals surface area contributed by atoms with E-state index in [1.165, 1.54) is 12.2 Å². The van der Waals surface area contributed by atoms with Gasteiger partial charge in [0.2, 0.25) is 5.91 Å². The predicted molar refractivity (Wildman–Crippen MR) is 47.7 cm³/mol. The summed E-state index contributed by atoms with van der Waals surface area (Å²) in [5.41, 5.74) is 0. The van der Waals surface area contributed by atoms with Gasteiger partial charge < -0.3 is 5.11 Å². The molecule has 1 saturated carbocycles. The van der Waals surface area contributed by atoms with Gasteiger partial charge in [-0.2, -0.15) is 0 Å². The zero-order chi connectivity index (χ0) is 9.84. The quantitative estimate of drug-likeness (QED) is 0.649. The van der Waals surface area contributed by atoms with Crippen molar-refractivity contribution in [3.8, 4) is 0 Å². The highest BCUT2D eigenvalue weighted by molar-refractivity contribution is 5.78. The molecule has 0 atom stereocenters. The molecule has 1 amide bonds. The third-order valence-corrected chi connectivity index (χ3v) is 2.71. The van der Waals surface area contributed by atoms with Crippen LogP contribution in [0.2, 0.25) is 0 Å². The van der Waals surface area contributed by atoms with Gasteiger partial charge >= 0.3 is 0 Å². The molecule has 0 saturated heterocycles. The van der Waals surface area contributed by atoms with Gasteiger partial charge in [-0.05, 0) is 25.2 Å². The number of nitrogens with zero attached hydrogens (tertiary/aromatic N) is 1. The van der Waals surface area contributed by atoms with Crippen molar-refractivity contribution in [2.24, 2.45) is 11.8 Å². The minimum Gasteiger partial charge on any atom is -0.396 e. The van der Waals surface area contributed by atoms with Crippen molar-refractivity contribution >= 4 is 5.91 Å². The summed E-state index contributed by atoms with van der Waals surface area (Å²) in [5, 5.41) is 9.94. The molecule has 0 radical (unpaired) electrons. The fourth-order valence-electron chi connectivity index (χ4n) is 1.70. The normalized spacial score (nSPS) is 26.7. The second kappa shape index (κ2) is 4.58. The predicted octanol–water partition coefficient (Wildman–Crippen LogP) is 0.415. The zero-order valence-electron chi connectivity index (χ0n) is 8.19. The van der Waals surface area contributed by atoms with Crippen LogP contribution in [0.15, 0.2) is 0 Å². The van der Waals surface area contributed by atoms with Crippen molar-refractivity contribution in [1.82, 2.24) is 5.06 Å². The standard InChI is InChI=1S/C9H17NO3/c1-10(13-2)9(12)8-5-7(6-8)3-4-11/h7-8,11H,3-6H2,1-2H3/t7-,8+. The van der Waals surface area contributed by atoms with Crippen molar-refractivity contribution in [3.63, 3.8) is 0 Å². The van der Waals surface area contributed by atoms with Gasteiger partial charge in [0.15, 0.2) is 0 Å². The lowest BCUT2D eigenvalue weighted by Gasteiger charge is -2.35. The van der Waals surface area contributed by atoms with Gasteiger partial charge in [-0.25, -0.2) is 5.06 Å². The van der Waals surface area contributed by atoms with E-state index in [0.717, 1.165) is 19.3 Å². The number of hydrogen-bond acceptors (Lipinski definition) is 3. The molecule has 0 aromatic rings. The monoisotopic (exact) mass is 187 g/mol. The molecule has 0 aromatic heterocycles. The van der Waals surface area contributed by atoms with Crippen LogP contribution < -0.4 is 0 Å². The summed E-state index contributed by atoms with van der Waals surface area (Å²) in [4.78, 5) is 16.2. The number of aliphatic hydroxyl groups is 1. The number of aliphatic hydroxyl groups excluding tert-OH is 1. The SMILES string of the molecule is CON(C)C(=O)[C@H]1C[C@@H](CCO)C1. The van der Waals surface area contributed by atoms with Crippen LogP contribution in [0.1, 0.15) is 19.3 Å². The van der Waals surface area contributed by atoms with E-state index in [9.17, 15) is 4.79 Å². The van der Waals surface area contributed by atoms with Crippen molar-refractivity contribution in [1.29, 1.82) is 0 Å². The molecule has 4 nitrogen and oxygen atoms in total. The average Bonchev–Trinajstić information content (AvgIpc) is 2.08. The molecule has 1 aliphatic rings. The summed E-state index contributed by atoms with van der Waals surface area (Å²) in [6.07, 6.45) is 2.61. The Morgan fingerprint density at radius 2 is 2.23 bits per heavy atom. The third-order valence-electron chi connectivity index (χ3n) is 2.71. The maximum absolute atomic E-state index is 11.4. The molecule has 0 unspecified atom stereocenters. The minimum atomic E-state index is 0.0525. The highest BCUT2D eigenvalue weighted by atomic mass is 16.7. The van der Waals surface area contributed by atoms with Crippen LogP contribution in [-0.2, 0) is 9.63 Å². The summed E-state index contributed by atoms with van der Waals surface area (Å²) in [6.45, 7) is 0.228. The highest BCUT2D eigenvalue weighted by Gasteiger charge is 2.35. The van der Waals surface area contributed by atoms with Crippen molar-refractivity contribution in [3.05, 3.63) is 0 Å². The smallest absolute Gasteiger partial charge is 0.248 e. The Hall–Kier alpha value is -0.610. The van der Waals surface area contributed by atoms with E-state index in [-0.39, 0.29) is 18.4 Å². The summed E-state index contributed by atoms with van der Waals surface area (Å²) >= 11 is 0. The van der Waals surface area contributed by atoms with E-state index >= 15 is 0 Å². The van der Waals surface area contributed by atoms with Gasteiger partial charge in [0.25, 0.3) is 0 Å². The third kappa shape index (κ3) is 2.42. The van der Waals surface area contributed by atoms with E-state index < -0.39 is 0 Å². The number of amides is 1. The lowest BCUT2D eigenvalue weighted by Crippen LogP contribution is -2.39. The fourth-order valence-corrected chi connectivity index (χ4v) is 1.70. The second-order valence-corrected chi connectivity index (χ2v) is 3.56. The Bertz CT molecular complexity index is 178. The van der Waals surface area contributed by atoms with Crippen molar-refractivity contribution in [2.45, 2.75) is 19.3 Å². The fraction of sp³-hybridized carbons (Fsp3) is 0.889. The highest BCUT2D eigenvalue weighted by Crippen LogP contribution is 2.36. The molecule has 1 aliphatic carbocycles. The number of rotatable bonds is 4. The maximum Gasteiger partial charge on any atom is 0.248 e. The van der Waals surface area contributed by atoms with Crippen LogP contribution >= 0.6 is 0 Å². The molecule has 4 heteroatoms. The van der Waals surface area contributed by atoms with Gasteiger partial charge in [0.05, 0.1) is 7.11 Å². The van der Waals surface area contributed by atoms with Gasteiger partial charge in [0, 0.05) is 19.6 Å². The van der Waals surface area contributed by atoms with Crippen LogP contribution in [0, 0.1) is 11.8 Å². The number of carbonyl (C=O) groups is 1. The number of hydroxylamine groups is 2.